The van der Waals surface area contributed by atoms with Crippen LogP contribution in [-0.4, -0.2) is 18.2 Å². The highest BCUT2D eigenvalue weighted by Gasteiger charge is 2.28. The van der Waals surface area contributed by atoms with Crippen LogP contribution in [0.5, 0.6) is 0 Å². The van der Waals surface area contributed by atoms with E-state index in [9.17, 15) is 0 Å². The van der Waals surface area contributed by atoms with Crippen LogP contribution in [0.1, 0.15) is 39.0 Å². The maximum Gasteiger partial charge on any atom is 0.0730 e. The lowest BCUT2D eigenvalue weighted by Gasteiger charge is -2.22. The zero-order valence-electron chi connectivity index (χ0n) is 8.99. The molecule has 1 aliphatic heterocycles. The predicted molar refractivity (Wildman–Crippen MR) is 58.0 cm³/mol. The van der Waals surface area contributed by atoms with Crippen molar-refractivity contribution < 1.29 is 4.74 Å². The Balaban J connectivity index is 1.74. The van der Waals surface area contributed by atoms with E-state index in [2.05, 4.69) is 19.1 Å². The largest absolute Gasteiger partial charge is 0.374 e. The Morgan fingerprint density at radius 2 is 2.07 bits per heavy atom. The molecule has 3 atom stereocenters. The van der Waals surface area contributed by atoms with Crippen LogP contribution in [0.25, 0.3) is 0 Å². The van der Waals surface area contributed by atoms with Gasteiger partial charge in [-0.05, 0) is 44.9 Å². The van der Waals surface area contributed by atoms with Crippen LogP contribution in [0.4, 0.5) is 0 Å². The third-order valence-corrected chi connectivity index (χ3v) is 3.45. The van der Waals surface area contributed by atoms with E-state index >= 15 is 0 Å². The van der Waals surface area contributed by atoms with Crippen LogP contribution in [0.3, 0.4) is 0 Å². The first kappa shape index (κ1) is 10.2. The molecule has 3 unspecified atom stereocenters. The minimum atomic E-state index is 0.254. The molecule has 0 radical (unpaired) electrons. The molecule has 0 aromatic heterocycles. The van der Waals surface area contributed by atoms with E-state index in [1.807, 2.05) is 0 Å². The van der Waals surface area contributed by atoms with Crippen LogP contribution in [0, 0.1) is 5.92 Å². The zero-order valence-corrected chi connectivity index (χ0v) is 8.99. The summed E-state index contributed by atoms with van der Waals surface area (Å²) < 4.78 is 5.79. The lowest BCUT2D eigenvalue weighted by atomic mass is 9.94. The highest BCUT2D eigenvalue weighted by Crippen LogP contribution is 2.28. The molecule has 0 aromatic rings. The van der Waals surface area contributed by atoms with Gasteiger partial charge >= 0.3 is 0 Å². The van der Waals surface area contributed by atoms with Crippen molar-refractivity contribution in [1.29, 1.82) is 0 Å². The summed E-state index contributed by atoms with van der Waals surface area (Å²) in [6, 6.07) is 0.254. The minimum absolute atomic E-state index is 0.254. The molecule has 0 saturated carbocycles. The lowest BCUT2D eigenvalue weighted by Crippen LogP contribution is -2.36. The molecule has 2 aliphatic rings. The highest BCUT2D eigenvalue weighted by molar-refractivity contribution is 4.96. The van der Waals surface area contributed by atoms with E-state index in [-0.39, 0.29) is 6.04 Å². The van der Waals surface area contributed by atoms with Gasteiger partial charge in [-0.15, -0.1) is 0 Å². The monoisotopic (exact) mass is 195 g/mol. The molecule has 0 spiro atoms. The lowest BCUT2D eigenvalue weighted by molar-refractivity contribution is 0.0356. The predicted octanol–water partition coefficient (Wildman–Crippen LogP) is 2.24. The van der Waals surface area contributed by atoms with Crippen molar-refractivity contribution in [2.75, 3.05) is 0 Å². The number of hydrogen-bond acceptors (Lipinski definition) is 2. The quantitative estimate of drug-likeness (QED) is 0.701. The average Bonchev–Trinajstić information content (AvgIpc) is 2.75. The van der Waals surface area contributed by atoms with E-state index < -0.39 is 0 Å². The average molecular weight is 195 g/mol. The summed E-state index contributed by atoms with van der Waals surface area (Å²) >= 11 is 0. The molecule has 14 heavy (non-hydrogen) atoms. The minimum Gasteiger partial charge on any atom is -0.374 e. The summed E-state index contributed by atoms with van der Waals surface area (Å²) in [5.41, 5.74) is 6.17. The Morgan fingerprint density at radius 1 is 1.36 bits per heavy atom. The second-order valence-electron chi connectivity index (χ2n) is 4.77. The van der Waals surface area contributed by atoms with E-state index in [1.165, 1.54) is 19.3 Å². The summed E-state index contributed by atoms with van der Waals surface area (Å²) in [6.45, 7) is 2.14. The molecule has 2 rings (SSSR count). The van der Waals surface area contributed by atoms with Crippen molar-refractivity contribution in [3.05, 3.63) is 12.2 Å². The normalized spacial score (nSPS) is 35.3. The first-order valence-corrected chi connectivity index (χ1v) is 5.81. The van der Waals surface area contributed by atoms with Crippen LogP contribution < -0.4 is 5.73 Å². The number of hydrogen-bond donors (Lipinski definition) is 1. The smallest absolute Gasteiger partial charge is 0.0730 e. The van der Waals surface area contributed by atoms with Gasteiger partial charge in [0.05, 0.1) is 12.2 Å². The molecule has 1 fully saturated rings. The van der Waals surface area contributed by atoms with Crippen molar-refractivity contribution in [2.45, 2.75) is 57.3 Å². The van der Waals surface area contributed by atoms with Gasteiger partial charge in [0.2, 0.25) is 0 Å². The maximum atomic E-state index is 6.17. The van der Waals surface area contributed by atoms with Gasteiger partial charge in [-0.1, -0.05) is 12.2 Å². The second kappa shape index (κ2) is 4.45. The Hall–Kier alpha value is -0.340. The van der Waals surface area contributed by atoms with Crippen LogP contribution >= 0.6 is 0 Å². The summed E-state index contributed by atoms with van der Waals surface area (Å²) in [5, 5.41) is 0. The molecule has 2 nitrogen and oxygen atoms in total. The van der Waals surface area contributed by atoms with Gasteiger partial charge in [-0.2, -0.15) is 0 Å². The molecular weight excluding hydrogens is 174 g/mol. The standard InChI is InChI=1S/C12H21NO/c1-9-6-7-12(14-9)11(13)8-10-4-2-3-5-10/h2-3,9-12H,4-8,13H2,1H3. The summed E-state index contributed by atoms with van der Waals surface area (Å²) in [5.74, 6) is 0.782. The molecule has 2 heteroatoms. The van der Waals surface area contributed by atoms with Crippen molar-refractivity contribution in [2.24, 2.45) is 11.7 Å². The molecule has 1 heterocycles. The molecule has 0 amide bonds. The highest BCUT2D eigenvalue weighted by atomic mass is 16.5. The van der Waals surface area contributed by atoms with Gasteiger partial charge < -0.3 is 10.5 Å². The second-order valence-corrected chi connectivity index (χ2v) is 4.77. The summed E-state index contributed by atoms with van der Waals surface area (Å²) in [4.78, 5) is 0. The van der Waals surface area contributed by atoms with Gasteiger partial charge in [0, 0.05) is 6.04 Å². The topological polar surface area (TPSA) is 35.2 Å². The molecule has 1 saturated heterocycles. The van der Waals surface area contributed by atoms with Crippen molar-refractivity contribution in [1.82, 2.24) is 0 Å². The van der Waals surface area contributed by atoms with E-state index in [0.717, 1.165) is 18.8 Å². The molecular formula is C12H21NO. The van der Waals surface area contributed by atoms with Crippen molar-refractivity contribution in [3.8, 4) is 0 Å². The third-order valence-electron chi connectivity index (χ3n) is 3.45. The first-order chi connectivity index (χ1) is 6.75. The third kappa shape index (κ3) is 2.37. The van der Waals surface area contributed by atoms with Crippen molar-refractivity contribution >= 4 is 0 Å². The van der Waals surface area contributed by atoms with Gasteiger partial charge in [0.15, 0.2) is 0 Å². The Bertz CT molecular complexity index is 206. The number of rotatable bonds is 3. The van der Waals surface area contributed by atoms with Crippen LogP contribution in [0.15, 0.2) is 12.2 Å². The van der Waals surface area contributed by atoms with Crippen LogP contribution in [0.2, 0.25) is 0 Å². The van der Waals surface area contributed by atoms with E-state index in [4.69, 9.17) is 10.5 Å². The molecule has 0 bridgehead atoms. The number of ether oxygens (including phenoxy) is 1. The van der Waals surface area contributed by atoms with E-state index in [0.29, 0.717) is 12.2 Å². The number of nitrogens with two attached hydrogens (primary N) is 1. The van der Waals surface area contributed by atoms with Gasteiger partial charge in [0.25, 0.3) is 0 Å². The SMILES string of the molecule is CC1CCC(C(N)CC2CC=CC2)O1. The fraction of sp³-hybridized carbons (Fsp3) is 0.833. The summed E-state index contributed by atoms with van der Waals surface area (Å²) in [7, 11) is 0. The Labute approximate surface area is 86.5 Å². The Kier molecular flexibility index (Phi) is 3.24. The van der Waals surface area contributed by atoms with Gasteiger partial charge in [0.1, 0.15) is 0 Å². The Morgan fingerprint density at radius 3 is 2.64 bits per heavy atom. The molecule has 80 valence electrons. The number of allylic oxidation sites excluding steroid dienone is 2. The maximum absolute atomic E-state index is 6.17. The zero-order chi connectivity index (χ0) is 9.97. The fourth-order valence-electron chi connectivity index (χ4n) is 2.55. The van der Waals surface area contributed by atoms with E-state index in [1.54, 1.807) is 0 Å². The van der Waals surface area contributed by atoms with Gasteiger partial charge in [-0.3, -0.25) is 0 Å². The molecule has 1 aliphatic carbocycles. The first-order valence-electron chi connectivity index (χ1n) is 5.81. The van der Waals surface area contributed by atoms with Crippen molar-refractivity contribution in [3.63, 3.8) is 0 Å². The molecule has 0 aromatic carbocycles. The summed E-state index contributed by atoms with van der Waals surface area (Å²) in [6.07, 6.45) is 11.2. The van der Waals surface area contributed by atoms with Crippen LogP contribution in [-0.2, 0) is 4.74 Å². The fourth-order valence-corrected chi connectivity index (χ4v) is 2.55. The van der Waals surface area contributed by atoms with Gasteiger partial charge in [-0.25, -0.2) is 0 Å². The molecule has 2 N–H and O–H groups in total.